The van der Waals surface area contributed by atoms with Gasteiger partial charge in [0.05, 0.1) is 0 Å². The molecule has 1 heteroatoms. The zero-order chi connectivity index (χ0) is 5.70. The van der Waals surface area contributed by atoms with Crippen molar-refractivity contribution in [3.63, 3.8) is 0 Å². The maximum Gasteiger partial charge on any atom is 0.122 e. The Balaban J connectivity index is 3.72. The molecule has 7 heavy (non-hydrogen) atoms. The summed E-state index contributed by atoms with van der Waals surface area (Å²) >= 11 is 0. The molecule has 0 N–H and O–H groups in total. The highest BCUT2D eigenvalue weighted by atomic mass is 19.1. The van der Waals surface area contributed by atoms with Gasteiger partial charge >= 0.3 is 0 Å². The van der Waals surface area contributed by atoms with E-state index in [0.717, 1.165) is 6.08 Å². The molecule has 0 fully saturated rings. The van der Waals surface area contributed by atoms with Gasteiger partial charge in [-0.15, -0.1) is 0 Å². The van der Waals surface area contributed by atoms with Crippen LogP contribution in [0.1, 0.15) is 0 Å². The second-order valence-electron chi connectivity index (χ2n) is 0.991. The minimum absolute atomic E-state index is 0.352. The molecule has 0 saturated carbocycles. The Bertz CT molecular complexity index is 101. The molecule has 0 radical (unpaired) electrons. The van der Waals surface area contributed by atoms with Crippen LogP contribution in [0.15, 0.2) is 37.2 Å². The second kappa shape index (κ2) is 3.34. The first-order valence-electron chi connectivity index (χ1n) is 1.92. The van der Waals surface area contributed by atoms with E-state index in [9.17, 15) is 4.39 Å². The molecular weight excluding hydrogens is 91.1 g/mol. The molecule has 0 aromatic heterocycles. The summed E-state index contributed by atoms with van der Waals surface area (Å²) in [7, 11) is 0. The Hall–Kier alpha value is -0.850. The third-order valence-corrected chi connectivity index (χ3v) is 0.472. The van der Waals surface area contributed by atoms with E-state index in [-0.39, 0.29) is 5.83 Å². The lowest BCUT2D eigenvalue weighted by molar-refractivity contribution is 0.668. The van der Waals surface area contributed by atoms with E-state index in [2.05, 4.69) is 13.2 Å². The molecule has 38 valence electrons. The largest absolute Gasteiger partial charge is 0.207 e. The van der Waals surface area contributed by atoms with Crippen LogP contribution in [-0.2, 0) is 0 Å². The average molecular weight is 98.1 g/mol. The van der Waals surface area contributed by atoms with Crippen LogP contribution in [0.5, 0.6) is 0 Å². The first kappa shape index (κ1) is 6.15. The summed E-state index contributed by atoms with van der Waals surface area (Å²) in [4.78, 5) is 0. The van der Waals surface area contributed by atoms with Gasteiger partial charge in [0.2, 0.25) is 0 Å². The molecule has 0 aromatic carbocycles. The van der Waals surface area contributed by atoms with Gasteiger partial charge in [0.15, 0.2) is 0 Å². The smallest absolute Gasteiger partial charge is 0.122 e. The van der Waals surface area contributed by atoms with Gasteiger partial charge in [-0.05, 0) is 12.2 Å². The van der Waals surface area contributed by atoms with Crippen molar-refractivity contribution >= 4 is 0 Å². The van der Waals surface area contributed by atoms with Crippen LogP contribution in [0.3, 0.4) is 0 Å². The maximum atomic E-state index is 11.8. The van der Waals surface area contributed by atoms with Crippen LogP contribution >= 0.6 is 0 Å². The average Bonchev–Trinajstić information content (AvgIpc) is 1.68. The lowest BCUT2D eigenvalue weighted by atomic mass is 10.4. The lowest BCUT2D eigenvalue weighted by Crippen LogP contribution is -1.55. The van der Waals surface area contributed by atoms with Crippen molar-refractivity contribution in [3.05, 3.63) is 37.2 Å². The lowest BCUT2D eigenvalue weighted by Gasteiger charge is -1.74. The van der Waals surface area contributed by atoms with Gasteiger partial charge in [0, 0.05) is 0 Å². The molecule has 0 unspecified atom stereocenters. The fraction of sp³-hybridized carbons (Fsp3) is 0. The fourth-order valence-corrected chi connectivity index (χ4v) is 0.181. The summed E-state index contributed by atoms with van der Waals surface area (Å²) in [5.41, 5.74) is 0. The van der Waals surface area contributed by atoms with Gasteiger partial charge in [0.25, 0.3) is 0 Å². The minimum atomic E-state index is -0.352. The van der Waals surface area contributed by atoms with Gasteiger partial charge in [-0.1, -0.05) is 19.2 Å². The molecule has 0 aliphatic rings. The van der Waals surface area contributed by atoms with Crippen LogP contribution in [0.25, 0.3) is 0 Å². The zero-order valence-electron chi connectivity index (χ0n) is 4.02. The molecule has 0 bridgehead atoms. The molecule has 0 atom stereocenters. The SMILES string of the molecule is C=CC=C(F)C=C. The number of allylic oxidation sites excluding steroid dienone is 4. The molecule has 0 aromatic rings. The number of rotatable bonds is 2. The number of hydrogen-bond acceptors (Lipinski definition) is 0. The van der Waals surface area contributed by atoms with Gasteiger partial charge in [-0.2, -0.15) is 0 Å². The standard InChI is InChI=1S/C6H7F/c1-3-5-6(7)4-2/h3-5H,1-2H2. The molecule has 0 heterocycles. The first-order valence-corrected chi connectivity index (χ1v) is 1.92. The highest BCUT2D eigenvalue weighted by Gasteiger charge is 1.75. The van der Waals surface area contributed by atoms with Crippen LogP contribution in [0, 0.1) is 0 Å². The third kappa shape index (κ3) is 2.97. The number of hydrogen-bond donors (Lipinski definition) is 0. The molecule has 0 spiro atoms. The molecule has 0 aliphatic heterocycles. The van der Waals surface area contributed by atoms with Crippen molar-refractivity contribution in [2.75, 3.05) is 0 Å². The normalized spacial score (nSPS) is 10.7. The van der Waals surface area contributed by atoms with E-state index in [1.807, 2.05) is 0 Å². The summed E-state index contributed by atoms with van der Waals surface area (Å²) < 4.78 is 11.8. The second-order valence-corrected chi connectivity index (χ2v) is 0.991. The quantitative estimate of drug-likeness (QED) is 0.464. The summed E-state index contributed by atoms with van der Waals surface area (Å²) in [6.45, 7) is 6.47. The Morgan fingerprint density at radius 3 is 2.14 bits per heavy atom. The van der Waals surface area contributed by atoms with E-state index in [1.165, 1.54) is 12.2 Å². The molecular formula is C6H7F. The molecule has 0 rings (SSSR count). The Morgan fingerprint density at radius 1 is 1.43 bits per heavy atom. The van der Waals surface area contributed by atoms with Crippen LogP contribution in [0.4, 0.5) is 4.39 Å². The van der Waals surface area contributed by atoms with E-state index in [0.29, 0.717) is 0 Å². The predicted octanol–water partition coefficient (Wildman–Crippen LogP) is 2.21. The molecule has 0 saturated heterocycles. The summed E-state index contributed by atoms with van der Waals surface area (Å²) in [6.07, 6.45) is 3.74. The van der Waals surface area contributed by atoms with Crippen molar-refractivity contribution in [1.82, 2.24) is 0 Å². The Labute approximate surface area is 42.7 Å². The van der Waals surface area contributed by atoms with Crippen molar-refractivity contribution in [3.8, 4) is 0 Å². The van der Waals surface area contributed by atoms with Crippen molar-refractivity contribution in [1.29, 1.82) is 0 Å². The van der Waals surface area contributed by atoms with Crippen LogP contribution in [0.2, 0.25) is 0 Å². The first-order chi connectivity index (χ1) is 3.31. The maximum absolute atomic E-state index is 11.8. The summed E-state index contributed by atoms with van der Waals surface area (Å²) in [5.74, 6) is -0.352. The van der Waals surface area contributed by atoms with E-state index in [1.54, 1.807) is 0 Å². The number of halogens is 1. The van der Waals surface area contributed by atoms with E-state index >= 15 is 0 Å². The fourth-order valence-electron chi connectivity index (χ4n) is 0.181. The third-order valence-electron chi connectivity index (χ3n) is 0.472. The van der Waals surface area contributed by atoms with Gasteiger partial charge in [0.1, 0.15) is 5.83 Å². The molecule has 0 amide bonds. The van der Waals surface area contributed by atoms with Crippen molar-refractivity contribution in [2.45, 2.75) is 0 Å². The minimum Gasteiger partial charge on any atom is -0.207 e. The van der Waals surface area contributed by atoms with Gasteiger partial charge in [-0.3, -0.25) is 0 Å². The highest BCUT2D eigenvalue weighted by Crippen LogP contribution is 1.94. The van der Waals surface area contributed by atoms with Crippen LogP contribution in [-0.4, -0.2) is 0 Å². The summed E-state index contributed by atoms with van der Waals surface area (Å²) in [6, 6.07) is 0. The van der Waals surface area contributed by atoms with Crippen molar-refractivity contribution in [2.24, 2.45) is 0 Å². The predicted molar refractivity (Wildman–Crippen MR) is 29.6 cm³/mol. The topological polar surface area (TPSA) is 0 Å². The van der Waals surface area contributed by atoms with Gasteiger partial charge < -0.3 is 0 Å². The van der Waals surface area contributed by atoms with E-state index in [4.69, 9.17) is 0 Å². The monoisotopic (exact) mass is 98.1 g/mol. The van der Waals surface area contributed by atoms with Gasteiger partial charge in [-0.25, -0.2) is 4.39 Å². The molecule has 0 aliphatic carbocycles. The zero-order valence-corrected chi connectivity index (χ0v) is 4.02. The Morgan fingerprint density at radius 2 is 2.00 bits per heavy atom. The summed E-state index contributed by atoms with van der Waals surface area (Å²) in [5, 5.41) is 0. The Kier molecular flexibility index (Phi) is 2.94. The molecule has 0 nitrogen and oxygen atoms in total. The highest BCUT2D eigenvalue weighted by molar-refractivity contribution is 5.13. The van der Waals surface area contributed by atoms with Crippen molar-refractivity contribution < 1.29 is 4.39 Å². The van der Waals surface area contributed by atoms with Crippen LogP contribution < -0.4 is 0 Å². The van der Waals surface area contributed by atoms with E-state index < -0.39 is 0 Å².